The number of nitrogen functional groups attached to an aromatic ring is 1. The van der Waals surface area contributed by atoms with Gasteiger partial charge in [0.05, 0.1) is 12.0 Å². The van der Waals surface area contributed by atoms with Crippen LogP contribution >= 0.6 is 11.3 Å². The van der Waals surface area contributed by atoms with E-state index < -0.39 is 0 Å². The second-order valence-electron chi connectivity index (χ2n) is 4.90. The first-order chi connectivity index (χ1) is 9.19. The molecular formula is C13H18N4OS. The van der Waals surface area contributed by atoms with Gasteiger partial charge in [0.15, 0.2) is 0 Å². The van der Waals surface area contributed by atoms with E-state index >= 15 is 0 Å². The van der Waals surface area contributed by atoms with E-state index in [1.54, 1.807) is 18.4 Å². The van der Waals surface area contributed by atoms with Gasteiger partial charge in [0.2, 0.25) is 5.95 Å². The second-order valence-corrected chi connectivity index (χ2v) is 6.13. The molecule has 0 atom stereocenters. The number of hydrogen-bond acceptors (Lipinski definition) is 6. The molecule has 0 amide bonds. The molecular weight excluding hydrogens is 260 g/mol. The van der Waals surface area contributed by atoms with Crippen LogP contribution in [0.25, 0.3) is 10.2 Å². The molecule has 0 saturated heterocycles. The van der Waals surface area contributed by atoms with E-state index in [0.29, 0.717) is 18.6 Å². The van der Waals surface area contributed by atoms with E-state index in [0.717, 1.165) is 22.6 Å². The van der Waals surface area contributed by atoms with Crippen molar-refractivity contribution in [2.45, 2.75) is 25.8 Å². The van der Waals surface area contributed by atoms with Crippen LogP contribution in [-0.4, -0.2) is 36.3 Å². The summed E-state index contributed by atoms with van der Waals surface area (Å²) in [5.74, 6) is 1.32. The molecule has 0 aliphatic heterocycles. The molecule has 1 fully saturated rings. The van der Waals surface area contributed by atoms with Crippen molar-refractivity contribution in [1.29, 1.82) is 0 Å². The molecule has 0 bridgehead atoms. The van der Waals surface area contributed by atoms with Gasteiger partial charge < -0.3 is 15.4 Å². The summed E-state index contributed by atoms with van der Waals surface area (Å²) >= 11 is 1.66. The maximum Gasteiger partial charge on any atom is 0.223 e. The lowest BCUT2D eigenvalue weighted by Gasteiger charge is -2.23. The molecule has 19 heavy (non-hydrogen) atoms. The lowest BCUT2D eigenvalue weighted by atomic mass is 10.3. The standard InChI is InChI=1S/C13H18N4OS/c1-8-7-10-11(15-13(14)16-12(10)19-8)17(5-6-18-2)9-3-4-9/h7,9H,3-6H2,1-2H3,(H2,14,15,16). The van der Waals surface area contributed by atoms with Crippen LogP contribution in [0.4, 0.5) is 11.8 Å². The van der Waals surface area contributed by atoms with Crippen LogP contribution < -0.4 is 10.6 Å². The molecule has 1 aliphatic carbocycles. The van der Waals surface area contributed by atoms with Crippen LogP contribution in [0.15, 0.2) is 6.07 Å². The Morgan fingerprint density at radius 2 is 2.26 bits per heavy atom. The molecule has 0 radical (unpaired) electrons. The molecule has 2 aromatic rings. The Morgan fingerprint density at radius 3 is 2.95 bits per heavy atom. The number of ether oxygens (including phenoxy) is 1. The van der Waals surface area contributed by atoms with Gasteiger partial charge in [-0.1, -0.05) is 0 Å². The molecule has 0 aromatic carbocycles. The predicted octanol–water partition coefficient (Wildman–Crippen LogP) is 2.20. The number of rotatable bonds is 5. The first kappa shape index (κ1) is 12.6. The lowest BCUT2D eigenvalue weighted by Crippen LogP contribution is -2.30. The van der Waals surface area contributed by atoms with Crippen LogP contribution in [0.2, 0.25) is 0 Å². The summed E-state index contributed by atoms with van der Waals surface area (Å²) in [6, 6.07) is 2.73. The third-order valence-electron chi connectivity index (χ3n) is 3.31. The van der Waals surface area contributed by atoms with Gasteiger partial charge in [-0.3, -0.25) is 0 Å². The van der Waals surface area contributed by atoms with Crippen LogP contribution in [0, 0.1) is 6.92 Å². The molecule has 2 heterocycles. The second kappa shape index (κ2) is 4.94. The maximum absolute atomic E-state index is 5.85. The minimum Gasteiger partial charge on any atom is -0.383 e. The highest BCUT2D eigenvalue weighted by Crippen LogP contribution is 2.36. The fourth-order valence-corrected chi connectivity index (χ4v) is 3.18. The van der Waals surface area contributed by atoms with Gasteiger partial charge in [0.25, 0.3) is 0 Å². The van der Waals surface area contributed by atoms with Crippen molar-refractivity contribution in [2.24, 2.45) is 0 Å². The van der Waals surface area contributed by atoms with Crippen LogP contribution in [-0.2, 0) is 4.74 Å². The third kappa shape index (κ3) is 2.50. The normalized spacial score (nSPS) is 15.1. The van der Waals surface area contributed by atoms with Crippen molar-refractivity contribution < 1.29 is 4.74 Å². The molecule has 1 saturated carbocycles. The van der Waals surface area contributed by atoms with E-state index in [1.807, 2.05) is 0 Å². The van der Waals surface area contributed by atoms with Gasteiger partial charge in [0.1, 0.15) is 10.6 Å². The topological polar surface area (TPSA) is 64.3 Å². The molecule has 2 N–H and O–H groups in total. The van der Waals surface area contributed by atoms with Crippen LogP contribution in [0.5, 0.6) is 0 Å². The summed E-state index contributed by atoms with van der Waals surface area (Å²) in [6.07, 6.45) is 2.44. The SMILES string of the molecule is COCCN(c1nc(N)nc2sc(C)cc12)C1CC1. The zero-order valence-electron chi connectivity index (χ0n) is 11.2. The first-order valence-electron chi connectivity index (χ1n) is 6.48. The number of fused-ring (bicyclic) bond motifs is 1. The van der Waals surface area contributed by atoms with Crippen molar-refractivity contribution in [3.63, 3.8) is 0 Å². The largest absolute Gasteiger partial charge is 0.383 e. The Bertz CT molecular complexity index is 594. The maximum atomic E-state index is 5.85. The number of nitrogens with two attached hydrogens (primary N) is 1. The summed E-state index contributed by atoms with van der Waals surface area (Å²) in [5, 5.41) is 1.11. The zero-order chi connectivity index (χ0) is 13.4. The smallest absolute Gasteiger partial charge is 0.223 e. The highest BCUT2D eigenvalue weighted by atomic mass is 32.1. The lowest BCUT2D eigenvalue weighted by molar-refractivity contribution is 0.205. The van der Waals surface area contributed by atoms with Gasteiger partial charge in [0, 0.05) is 24.6 Å². The molecule has 0 unspecified atom stereocenters. The van der Waals surface area contributed by atoms with Crippen molar-refractivity contribution in [1.82, 2.24) is 9.97 Å². The quantitative estimate of drug-likeness (QED) is 0.908. The molecule has 102 valence electrons. The predicted molar refractivity (Wildman–Crippen MR) is 78.8 cm³/mol. The fraction of sp³-hybridized carbons (Fsp3) is 0.538. The number of aromatic nitrogens is 2. The monoisotopic (exact) mass is 278 g/mol. The Hall–Kier alpha value is -1.40. The van der Waals surface area contributed by atoms with E-state index in [2.05, 4.69) is 27.9 Å². The number of nitrogens with zero attached hydrogens (tertiary/aromatic N) is 3. The van der Waals surface area contributed by atoms with Gasteiger partial charge in [-0.25, -0.2) is 4.98 Å². The highest BCUT2D eigenvalue weighted by molar-refractivity contribution is 7.18. The number of thiophene rings is 1. The number of aryl methyl sites for hydroxylation is 1. The van der Waals surface area contributed by atoms with E-state index in [1.165, 1.54) is 17.7 Å². The van der Waals surface area contributed by atoms with E-state index in [9.17, 15) is 0 Å². The fourth-order valence-electron chi connectivity index (χ4n) is 2.30. The van der Waals surface area contributed by atoms with E-state index in [-0.39, 0.29) is 0 Å². The summed E-state index contributed by atoms with van der Waals surface area (Å²) in [4.78, 5) is 13.3. The Balaban J connectivity index is 2.05. The van der Waals surface area contributed by atoms with Crippen molar-refractivity contribution in [2.75, 3.05) is 30.9 Å². The molecule has 0 spiro atoms. The third-order valence-corrected chi connectivity index (χ3v) is 4.25. The molecule has 5 nitrogen and oxygen atoms in total. The average molecular weight is 278 g/mol. The van der Waals surface area contributed by atoms with Gasteiger partial charge >= 0.3 is 0 Å². The van der Waals surface area contributed by atoms with Gasteiger partial charge in [-0.05, 0) is 25.8 Å². The van der Waals surface area contributed by atoms with Crippen molar-refractivity contribution in [3.8, 4) is 0 Å². The number of methoxy groups -OCH3 is 1. The number of anilines is 2. The van der Waals surface area contributed by atoms with Gasteiger partial charge in [-0.15, -0.1) is 11.3 Å². The van der Waals surface area contributed by atoms with Crippen LogP contribution in [0.3, 0.4) is 0 Å². The van der Waals surface area contributed by atoms with Gasteiger partial charge in [-0.2, -0.15) is 4.98 Å². The van der Waals surface area contributed by atoms with Crippen molar-refractivity contribution in [3.05, 3.63) is 10.9 Å². The Morgan fingerprint density at radius 1 is 1.47 bits per heavy atom. The molecule has 2 aromatic heterocycles. The molecule has 6 heteroatoms. The van der Waals surface area contributed by atoms with Crippen LogP contribution in [0.1, 0.15) is 17.7 Å². The highest BCUT2D eigenvalue weighted by Gasteiger charge is 2.31. The summed E-state index contributed by atoms with van der Waals surface area (Å²) in [5.41, 5.74) is 5.85. The summed E-state index contributed by atoms with van der Waals surface area (Å²) in [7, 11) is 1.73. The average Bonchev–Trinajstić information content (AvgIpc) is 3.12. The zero-order valence-corrected chi connectivity index (χ0v) is 12.0. The number of hydrogen-bond donors (Lipinski definition) is 1. The van der Waals surface area contributed by atoms with Crippen molar-refractivity contribution >= 4 is 33.3 Å². The molecule has 1 aliphatic rings. The van der Waals surface area contributed by atoms with E-state index in [4.69, 9.17) is 10.5 Å². The minimum atomic E-state index is 0.354. The summed E-state index contributed by atoms with van der Waals surface area (Å²) in [6.45, 7) is 3.63. The Labute approximate surface area is 116 Å². The minimum absolute atomic E-state index is 0.354. The molecule has 3 rings (SSSR count). The Kier molecular flexibility index (Phi) is 3.28. The first-order valence-corrected chi connectivity index (χ1v) is 7.30. The summed E-state index contributed by atoms with van der Waals surface area (Å²) < 4.78 is 5.21.